The molecule has 22 heavy (non-hydrogen) atoms. The standard InChI is InChI=1S/C18H18N2O2/c21-20(22)18-12-9-15(10-13-18)8-11-17-7-4-14-19(17)16-5-2-1-3-6-16/h4,7,9-10,12-14,16H,1-3,5-6H2. The number of rotatable bonds is 2. The summed E-state index contributed by atoms with van der Waals surface area (Å²) in [4.78, 5) is 10.2. The van der Waals surface area contributed by atoms with Gasteiger partial charge in [-0.05, 0) is 43.0 Å². The number of hydrogen-bond donors (Lipinski definition) is 0. The molecule has 112 valence electrons. The lowest BCUT2D eigenvalue weighted by Crippen LogP contribution is -2.13. The van der Waals surface area contributed by atoms with E-state index in [0.29, 0.717) is 6.04 Å². The zero-order chi connectivity index (χ0) is 15.4. The van der Waals surface area contributed by atoms with Crippen LogP contribution in [0.2, 0.25) is 0 Å². The molecule has 1 saturated carbocycles. The molecular formula is C18H18N2O2. The number of hydrogen-bond acceptors (Lipinski definition) is 2. The maximum absolute atomic E-state index is 10.6. The molecule has 0 bridgehead atoms. The largest absolute Gasteiger partial charge is 0.338 e. The molecule has 0 amide bonds. The van der Waals surface area contributed by atoms with Gasteiger partial charge < -0.3 is 4.57 Å². The molecule has 0 spiro atoms. The van der Waals surface area contributed by atoms with Crippen LogP contribution >= 0.6 is 0 Å². The van der Waals surface area contributed by atoms with Crippen molar-refractivity contribution in [3.8, 4) is 11.8 Å². The minimum Gasteiger partial charge on any atom is -0.338 e. The third-order valence-corrected chi connectivity index (χ3v) is 4.16. The maximum Gasteiger partial charge on any atom is 0.269 e. The first-order valence-corrected chi connectivity index (χ1v) is 7.67. The van der Waals surface area contributed by atoms with E-state index in [1.54, 1.807) is 12.1 Å². The van der Waals surface area contributed by atoms with Gasteiger partial charge in [-0.15, -0.1) is 0 Å². The van der Waals surface area contributed by atoms with E-state index in [1.807, 2.05) is 12.1 Å². The van der Waals surface area contributed by atoms with Crippen LogP contribution in [0.25, 0.3) is 0 Å². The van der Waals surface area contributed by atoms with Crippen LogP contribution in [-0.2, 0) is 0 Å². The van der Waals surface area contributed by atoms with Crippen molar-refractivity contribution < 1.29 is 4.92 Å². The highest BCUT2D eigenvalue weighted by Crippen LogP contribution is 2.29. The first-order chi connectivity index (χ1) is 10.7. The van der Waals surface area contributed by atoms with E-state index >= 15 is 0 Å². The van der Waals surface area contributed by atoms with Gasteiger partial charge in [-0.25, -0.2) is 0 Å². The topological polar surface area (TPSA) is 48.1 Å². The van der Waals surface area contributed by atoms with Crippen LogP contribution in [0, 0.1) is 22.0 Å². The number of non-ortho nitro benzene ring substituents is 1. The second-order valence-electron chi connectivity index (χ2n) is 5.65. The molecule has 0 N–H and O–H groups in total. The molecule has 4 heteroatoms. The van der Waals surface area contributed by atoms with Gasteiger partial charge in [-0.3, -0.25) is 10.1 Å². The summed E-state index contributed by atoms with van der Waals surface area (Å²) in [7, 11) is 0. The highest BCUT2D eigenvalue weighted by Gasteiger charge is 2.16. The van der Waals surface area contributed by atoms with Gasteiger partial charge in [0.15, 0.2) is 0 Å². The maximum atomic E-state index is 10.6. The van der Waals surface area contributed by atoms with Gasteiger partial charge in [-0.1, -0.05) is 25.2 Å². The zero-order valence-electron chi connectivity index (χ0n) is 12.4. The average Bonchev–Trinajstić information content (AvgIpc) is 3.02. The fraction of sp³-hybridized carbons (Fsp3) is 0.333. The molecule has 4 nitrogen and oxygen atoms in total. The van der Waals surface area contributed by atoms with Crippen LogP contribution in [0.5, 0.6) is 0 Å². The van der Waals surface area contributed by atoms with Crippen molar-refractivity contribution in [2.24, 2.45) is 0 Å². The highest BCUT2D eigenvalue weighted by molar-refractivity contribution is 5.44. The van der Waals surface area contributed by atoms with Crippen molar-refractivity contribution in [2.45, 2.75) is 38.1 Å². The van der Waals surface area contributed by atoms with Crippen molar-refractivity contribution >= 4 is 5.69 Å². The molecule has 1 fully saturated rings. The number of nitrogens with zero attached hydrogens (tertiary/aromatic N) is 2. The quantitative estimate of drug-likeness (QED) is 0.471. The number of nitro groups is 1. The van der Waals surface area contributed by atoms with Gasteiger partial charge in [0.2, 0.25) is 0 Å². The van der Waals surface area contributed by atoms with E-state index in [1.165, 1.54) is 44.2 Å². The number of benzene rings is 1. The van der Waals surface area contributed by atoms with Gasteiger partial charge in [-0.2, -0.15) is 0 Å². The van der Waals surface area contributed by atoms with Crippen LogP contribution < -0.4 is 0 Å². The molecule has 3 rings (SSSR count). The van der Waals surface area contributed by atoms with Gasteiger partial charge >= 0.3 is 0 Å². The minimum atomic E-state index is -0.397. The van der Waals surface area contributed by atoms with Gasteiger partial charge in [0.25, 0.3) is 5.69 Å². The predicted molar refractivity (Wildman–Crippen MR) is 85.6 cm³/mol. The minimum absolute atomic E-state index is 0.0936. The van der Waals surface area contributed by atoms with Crippen molar-refractivity contribution in [2.75, 3.05) is 0 Å². The Labute approximate surface area is 129 Å². The second-order valence-corrected chi connectivity index (χ2v) is 5.65. The predicted octanol–water partition coefficient (Wildman–Crippen LogP) is 4.30. The normalized spacial score (nSPS) is 15.1. The first kappa shape index (κ1) is 14.4. The molecule has 1 aromatic carbocycles. The zero-order valence-corrected chi connectivity index (χ0v) is 12.4. The van der Waals surface area contributed by atoms with E-state index < -0.39 is 4.92 Å². The lowest BCUT2D eigenvalue weighted by Gasteiger charge is -2.24. The fourth-order valence-corrected chi connectivity index (χ4v) is 2.98. The highest BCUT2D eigenvalue weighted by atomic mass is 16.6. The lowest BCUT2D eigenvalue weighted by atomic mass is 9.95. The summed E-state index contributed by atoms with van der Waals surface area (Å²) in [5, 5.41) is 10.6. The summed E-state index contributed by atoms with van der Waals surface area (Å²) in [5.41, 5.74) is 1.91. The Morgan fingerprint density at radius 2 is 1.77 bits per heavy atom. The van der Waals surface area contributed by atoms with Crippen LogP contribution in [0.1, 0.15) is 49.4 Å². The Balaban J connectivity index is 1.79. The average molecular weight is 294 g/mol. The summed E-state index contributed by atoms with van der Waals surface area (Å²) in [5.74, 6) is 6.30. The second kappa shape index (κ2) is 6.48. The Morgan fingerprint density at radius 1 is 1.05 bits per heavy atom. The molecule has 2 aromatic rings. The van der Waals surface area contributed by atoms with Gasteiger partial charge in [0, 0.05) is 29.9 Å². The third kappa shape index (κ3) is 3.20. The molecular weight excluding hydrogens is 276 g/mol. The third-order valence-electron chi connectivity index (χ3n) is 4.16. The van der Waals surface area contributed by atoms with Crippen molar-refractivity contribution in [1.29, 1.82) is 0 Å². The van der Waals surface area contributed by atoms with Crippen LogP contribution in [0.15, 0.2) is 42.6 Å². The lowest BCUT2D eigenvalue weighted by molar-refractivity contribution is -0.384. The summed E-state index contributed by atoms with van der Waals surface area (Å²) in [6.45, 7) is 0. The van der Waals surface area contributed by atoms with Crippen LogP contribution in [0.3, 0.4) is 0 Å². The molecule has 1 aliphatic rings. The molecule has 1 aromatic heterocycles. The SMILES string of the molecule is O=[N+]([O-])c1ccc(C#Cc2cccn2C2CCCCC2)cc1. The Hall–Kier alpha value is -2.54. The Morgan fingerprint density at radius 3 is 2.45 bits per heavy atom. The monoisotopic (exact) mass is 294 g/mol. The van der Waals surface area contributed by atoms with Crippen molar-refractivity contribution in [3.05, 3.63) is 64.0 Å². The van der Waals surface area contributed by atoms with Crippen molar-refractivity contribution in [1.82, 2.24) is 4.57 Å². The Bertz CT molecular complexity index is 714. The van der Waals surface area contributed by atoms with Crippen molar-refractivity contribution in [3.63, 3.8) is 0 Å². The molecule has 0 aliphatic heterocycles. The molecule has 0 atom stereocenters. The molecule has 0 saturated heterocycles. The van der Waals surface area contributed by atoms with Gasteiger partial charge in [0.05, 0.1) is 10.6 Å². The molecule has 0 radical (unpaired) electrons. The number of nitro benzene ring substituents is 1. The smallest absolute Gasteiger partial charge is 0.269 e. The summed E-state index contributed by atoms with van der Waals surface area (Å²) in [6, 6.07) is 11.0. The van der Waals surface area contributed by atoms with E-state index in [0.717, 1.165) is 11.3 Å². The summed E-state index contributed by atoms with van der Waals surface area (Å²) < 4.78 is 2.28. The Kier molecular flexibility index (Phi) is 4.24. The molecule has 1 aliphatic carbocycles. The summed E-state index contributed by atoms with van der Waals surface area (Å²) in [6.07, 6.45) is 8.47. The van der Waals surface area contributed by atoms with E-state index in [2.05, 4.69) is 22.6 Å². The van der Waals surface area contributed by atoms with E-state index in [9.17, 15) is 10.1 Å². The van der Waals surface area contributed by atoms with E-state index in [-0.39, 0.29) is 5.69 Å². The van der Waals surface area contributed by atoms with Crippen LogP contribution in [0.4, 0.5) is 5.69 Å². The van der Waals surface area contributed by atoms with Gasteiger partial charge in [0.1, 0.15) is 0 Å². The van der Waals surface area contributed by atoms with Crippen LogP contribution in [-0.4, -0.2) is 9.49 Å². The first-order valence-electron chi connectivity index (χ1n) is 7.67. The fourth-order valence-electron chi connectivity index (χ4n) is 2.98. The number of aromatic nitrogens is 1. The molecule has 0 unspecified atom stereocenters. The van der Waals surface area contributed by atoms with E-state index in [4.69, 9.17) is 0 Å². The molecule has 1 heterocycles. The summed E-state index contributed by atoms with van der Waals surface area (Å²) >= 11 is 0.